The average Bonchev–Trinajstić information content (AvgIpc) is 2.90. The van der Waals surface area contributed by atoms with Crippen molar-refractivity contribution in [2.24, 2.45) is 5.92 Å². The lowest BCUT2D eigenvalue weighted by molar-refractivity contribution is 0.214. The number of nitrogens with zero attached hydrogens (tertiary/aromatic N) is 2. The maximum atomic E-state index is 10.3. The van der Waals surface area contributed by atoms with Crippen LogP contribution in [0.15, 0.2) is 54.6 Å². The molecule has 1 atom stereocenters. The molecule has 1 unspecified atom stereocenters. The molecule has 3 rings (SSSR count). The predicted molar refractivity (Wildman–Crippen MR) is 151 cm³/mol. The second-order valence-electron chi connectivity index (χ2n) is 9.75. The number of ether oxygens (including phenoxy) is 2. The fraction of sp³-hybridized carbons (Fsp3) is 0.500. The van der Waals surface area contributed by atoms with Crippen LogP contribution in [0.1, 0.15) is 50.7 Å². The molecule has 6 heteroatoms. The summed E-state index contributed by atoms with van der Waals surface area (Å²) in [6, 6.07) is 19.6. The lowest BCUT2D eigenvalue weighted by Crippen LogP contribution is -2.43. The lowest BCUT2D eigenvalue weighted by Gasteiger charge is -2.33. The largest absolute Gasteiger partial charge is 0.493 e. The molecule has 1 aliphatic rings. The highest BCUT2D eigenvalue weighted by atomic mass is 35.5. The first-order valence-electron chi connectivity index (χ1n) is 12.8. The molecule has 0 amide bonds. The summed E-state index contributed by atoms with van der Waals surface area (Å²) in [4.78, 5) is 2.52. The highest BCUT2D eigenvalue weighted by molar-refractivity contribution is 5.85. The number of likely N-dealkylation sites (tertiary alicyclic amines) is 1. The van der Waals surface area contributed by atoms with Crippen LogP contribution < -0.4 is 14.8 Å². The number of hydrogen-bond donors (Lipinski definition) is 1. The van der Waals surface area contributed by atoms with Gasteiger partial charge in [0.2, 0.25) is 0 Å². The summed E-state index contributed by atoms with van der Waals surface area (Å²) >= 11 is 0. The van der Waals surface area contributed by atoms with Crippen molar-refractivity contribution in [1.29, 1.82) is 5.26 Å². The molecular formula is C30H42ClN3O2. The first-order chi connectivity index (χ1) is 17.0. The second-order valence-corrected chi connectivity index (χ2v) is 9.75. The van der Waals surface area contributed by atoms with E-state index in [9.17, 15) is 5.26 Å². The molecule has 1 aliphatic heterocycles. The Bertz CT molecular complexity index is 981. The zero-order valence-electron chi connectivity index (χ0n) is 22.2. The van der Waals surface area contributed by atoms with E-state index in [1.807, 2.05) is 18.2 Å². The number of hydrogen-bond acceptors (Lipinski definition) is 5. The summed E-state index contributed by atoms with van der Waals surface area (Å²) < 4.78 is 10.9. The van der Waals surface area contributed by atoms with Crippen LogP contribution in [0.2, 0.25) is 0 Å². The molecule has 5 nitrogen and oxygen atoms in total. The SMILES string of the molecule is COc1ccc(C(C#N)(CCCNC2CCN(C/C=C/c3ccccc3)CC2)C(C)C)cc1OC.Cl. The van der Waals surface area contributed by atoms with Gasteiger partial charge >= 0.3 is 0 Å². The Kier molecular flexibility index (Phi) is 12.3. The van der Waals surface area contributed by atoms with E-state index in [0.717, 1.165) is 44.6 Å². The predicted octanol–water partition coefficient (Wildman–Crippen LogP) is 6.09. The number of nitrogens with one attached hydrogen (secondary N) is 1. The van der Waals surface area contributed by atoms with Gasteiger partial charge in [-0.1, -0.05) is 62.4 Å². The fourth-order valence-corrected chi connectivity index (χ4v) is 5.02. The van der Waals surface area contributed by atoms with Crippen LogP contribution in [0.25, 0.3) is 6.08 Å². The number of rotatable bonds is 12. The molecular weight excluding hydrogens is 470 g/mol. The molecule has 0 bridgehead atoms. The standard InChI is InChI=1S/C30H41N3O2.ClH/c1-24(2)30(23-31,26-13-14-28(34-3)29(22-26)35-4)17-9-18-32-27-15-20-33(21-16-27)19-8-12-25-10-6-5-7-11-25;/h5-8,10-14,22,24,27,32H,9,15-21H2,1-4H3;1H/b12-8+;. The highest BCUT2D eigenvalue weighted by Gasteiger charge is 2.36. The van der Waals surface area contributed by atoms with Crippen molar-refractivity contribution in [3.05, 3.63) is 65.7 Å². The first-order valence-corrected chi connectivity index (χ1v) is 12.8. The van der Waals surface area contributed by atoms with E-state index in [0.29, 0.717) is 17.5 Å². The molecule has 0 radical (unpaired) electrons. The number of methoxy groups -OCH3 is 2. The minimum atomic E-state index is -0.546. The smallest absolute Gasteiger partial charge is 0.161 e. The van der Waals surface area contributed by atoms with Crippen LogP contribution in [0.5, 0.6) is 11.5 Å². The van der Waals surface area contributed by atoms with Gasteiger partial charge in [0, 0.05) is 12.6 Å². The monoisotopic (exact) mass is 511 g/mol. The zero-order valence-corrected chi connectivity index (χ0v) is 23.0. The van der Waals surface area contributed by atoms with Gasteiger partial charge in [-0.3, -0.25) is 4.90 Å². The van der Waals surface area contributed by atoms with Gasteiger partial charge in [0.1, 0.15) is 0 Å². The third kappa shape index (κ3) is 7.74. The highest BCUT2D eigenvalue weighted by Crippen LogP contribution is 2.40. The van der Waals surface area contributed by atoms with Gasteiger partial charge in [-0.25, -0.2) is 0 Å². The van der Waals surface area contributed by atoms with Gasteiger partial charge in [0.25, 0.3) is 0 Å². The summed E-state index contributed by atoms with van der Waals surface area (Å²) in [5.41, 5.74) is 1.71. The van der Waals surface area contributed by atoms with E-state index in [4.69, 9.17) is 9.47 Å². The van der Waals surface area contributed by atoms with Crippen molar-refractivity contribution in [2.45, 2.75) is 51.0 Å². The third-order valence-electron chi connectivity index (χ3n) is 7.33. The molecule has 1 saturated heterocycles. The Balaban J connectivity index is 0.00000456. The van der Waals surface area contributed by atoms with Crippen LogP contribution in [-0.4, -0.2) is 51.3 Å². The molecule has 0 aliphatic carbocycles. The van der Waals surface area contributed by atoms with Crippen molar-refractivity contribution in [1.82, 2.24) is 10.2 Å². The number of nitriles is 1. The lowest BCUT2D eigenvalue weighted by atomic mass is 9.69. The van der Waals surface area contributed by atoms with Crippen molar-refractivity contribution < 1.29 is 9.47 Å². The van der Waals surface area contributed by atoms with Crippen LogP contribution in [0.4, 0.5) is 0 Å². The maximum absolute atomic E-state index is 10.3. The quantitative estimate of drug-likeness (QED) is 0.349. The van der Waals surface area contributed by atoms with Crippen LogP contribution in [-0.2, 0) is 5.41 Å². The minimum absolute atomic E-state index is 0. The second kappa shape index (κ2) is 14.9. The van der Waals surface area contributed by atoms with Crippen LogP contribution in [0.3, 0.4) is 0 Å². The Labute approximate surface area is 223 Å². The molecule has 0 saturated carbocycles. The van der Waals surface area contributed by atoms with Gasteiger partial charge in [0.15, 0.2) is 11.5 Å². The van der Waals surface area contributed by atoms with Crippen LogP contribution in [0, 0.1) is 17.2 Å². The Morgan fingerprint density at radius 1 is 1.08 bits per heavy atom. The molecule has 2 aromatic carbocycles. The molecule has 2 aromatic rings. The van der Waals surface area contributed by atoms with E-state index in [1.165, 1.54) is 18.4 Å². The number of benzene rings is 2. The van der Waals surface area contributed by atoms with E-state index in [2.05, 4.69) is 72.6 Å². The van der Waals surface area contributed by atoms with Crippen molar-refractivity contribution >= 4 is 18.5 Å². The van der Waals surface area contributed by atoms with Gasteiger partial charge in [-0.05, 0) is 74.5 Å². The summed E-state index contributed by atoms with van der Waals surface area (Å²) in [6.45, 7) is 8.45. The molecule has 1 N–H and O–H groups in total. The Morgan fingerprint density at radius 3 is 2.39 bits per heavy atom. The zero-order chi connectivity index (χ0) is 25.1. The first kappa shape index (κ1) is 29.7. The van der Waals surface area contributed by atoms with Crippen LogP contribution >= 0.6 is 12.4 Å². The molecule has 1 fully saturated rings. The van der Waals surface area contributed by atoms with E-state index in [-0.39, 0.29) is 18.3 Å². The topological polar surface area (TPSA) is 57.5 Å². The summed E-state index contributed by atoms with van der Waals surface area (Å²) in [5.74, 6) is 1.56. The van der Waals surface area contributed by atoms with Crippen molar-refractivity contribution in [3.63, 3.8) is 0 Å². The minimum Gasteiger partial charge on any atom is -0.493 e. The van der Waals surface area contributed by atoms with Crippen molar-refractivity contribution in [3.8, 4) is 17.6 Å². The molecule has 0 aromatic heterocycles. The molecule has 1 heterocycles. The van der Waals surface area contributed by atoms with Gasteiger partial charge in [-0.15, -0.1) is 12.4 Å². The summed E-state index contributed by atoms with van der Waals surface area (Å²) in [5, 5.41) is 14.0. The third-order valence-corrected chi connectivity index (χ3v) is 7.33. The summed E-state index contributed by atoms with van der Waals surface area (Å²) in [6.07, 6.45) is 8.58. The van der Waals surface area contributed by atoms with Gasteiger partial charge in [0.05, 0.1) is 25.7 Å². The van der Waals surface area contributed by atoms with Gasteiger partial charge < -0.3 is 14.8 Å². The fourth-order valence-electron chi connectivity index (χ4n) is 5.02. The van der Waals surface area contributed by atoms with Crippen molar-refractivity contribution in [2.75, 3.05) is 40.4 Å². The molecule has 0 spiro atoms. The molecule has 196 valence electrons. The maximum Gasteiger partial charge on any atom is 0.161 e. The summed E-state index contributed by atoms with van der Waals surface area (Å²) in [7, 11) is 3.27. The number of halogens is 1. The normalized spacial score (nSPS) is 16.3. The van der Waals surface area contributed by atoms with Gasteiger partial charge in [-0.2, -0.15) is 5.26 Å². The Morgan fingerprint density at radius 2 is 1.78 bits per heavy atom. The Hall–Kier alpha value is -2.52. The number of piperidine rings is 1. The average molecular weight is 512 g/mol. The van der Waals surface area contributed by atoms with E-state index < -0.39 is 5.41 Å². The van der Waals surface area contributed by atoms with E-state index >= 15 is 0 Å². The molecule has 36 heavy (non-hydrogen) atoms. The van der Waals surface area contributed by atoms with E-state index in [1.54, 1.807) is 14.2 Å².